The van der Waals surface area contributed by atoms with E-state index in [1.54, 1.807) is 43.3 Å². The molecule has 0 unspecified atom stereocenters. The van der Waals surface area contributed by atoms with Gasteiger partial charge in [-0.25, -0.2) is 13.1 Å². The number of rotatable bonds is 8. The standard InChI is InChI=1S/C17H18BrNO5S/c1-2-24-15-9-8-13(18)11-16(15)25(22,23)19-14(17(20)21)10-12-6-4-3-5-7-12/h3-9,11,14,19H,2,10H2,1H3,(H,20,21)/p-1/t14-/m0/s1. The number of sulfonamides is 1. The molecule has 0 heterocycles. The Morgan fingerprint density at radius 3 is 2.52 bits per heavy atom. The predicted octanol–water partition coefficient (Wildman–Crippen LogP) is 1.49. The lowest BCUT2D eigenvalue weighted by molar-refractivity contribution is -0.307. The molecule has 0 aromatic heterocycles. The van der Waals surface area contributed by atoms with Crippen LogP contribution in [0.1, 0.15) is 12.5 Å². The summed E-state index contributed by atoms with van der Waals surface area (Å²) in [6.07, 6.45) is -0.0274. The zero-order valence-corrected chi connectivity index (χ0v) is 15.8. The molecule has 0 radical (unpaired) electrons. The summed E-state index contributed by atoms with van der Waals surface area (Å²) in [4.78, 5) is 11.3. The number of halogens is 1. The summed E-state index contributed by atoms with van der Waals surface area (Å²) >= 11 is 3.21. The van der Waals surface area contributed by atoms with Gasteiger partial charge >= 0.3 is 0 Å². The van der Waals surface area contributed by atoms with Gasteiger partial charge in [0.15, 0.2) is 0 Å². The predicted molar refractivity (Wildman–Crippen MR) is 94.6 cm³/mol. The molecule has 0 saturated carbocycles. The molecule has 2 aromatic carbocycles. The first kappa shape index (κ1) is 19.4. The van der Waals surface area contributed by atoms with Gasteiger partial charge in [0, 0.05) is 4.47 Å². The first-order valence-corrected chi connectivity index (χ1v) is 9.80. The zero-order valence-electron chi connectivity index (χ0n) is 13.4. The van der Waals surface area contributed by atoms with Crippen molar-refractivity contribution >= 4 is 31.9 Å². The smallest absolute Gasteiger partial charge is 0.244 e. The third-order valence-electron chi connectivity index (χ3n) is 3.36. The highest BCUT2D eigenvalue weighted by Gasteiger charge is 2.25. The molecule has 1 N–H and O–H groups in total. The molecule has 0 amide bonds. The molecule has 0 fully saturated rings. The minimum atomic E-state index is -4.13. The lowest BCUT2D eigenvalue weighted by atomic mass is 10.1. The third kappa shape index (κ3) is 5.29. The number of ether oxygens (including phenoxy) is 1. The highest BCUT2D eigenvalue weighted by atomic mass is 79.9. The second-order valence-corrected chi connectivity index (χ2v) is 7.80. The number of aliphatic carboxylic acids is 1. The molecule has 0 bridgehead atoms. The Labute approximate surface area is 155 Å². The van der Waals surface area contributed by atoms with Crippen molar-refractivity contribution < 1.29 is 23.1 Å². The van der Waals surface area contributed by atoms with E-state index in [1.165, 1.54) is 12.1 Å². The van der Waals surface area contributed by atoms with Crippen LogP contribution >= 0.6 is 15.9 Å². The van der Waals surface area contributed by atoms with Crippen molar-refractivity contribution in [3.05, 3.63) is 58.6 Å². The molecule has 8 heteroatoms. The van der Waals surface area contributed by atoms with Gasteiger partial charge in [-0.3, -0.25) is 0 Å². The Balaban J connectivity index is 2.32. The summed E-state index contributed by atoms with van der Waals surface area (Å²) < 4.78 is 33.4. The van der Waals surface area contributed by atoms with Crippen LogP contribution in [-0.4, -0.2) is 27.0 Å². The Hall–Kier alpha value is -1.90. The molecule has 25 heavy (non-hydrogen) atoms. The van der Waals surface area contributed by atoms with Crippen molar-refractivity contribution in [2.75, 3.05) is 6.61 Å². The van der Waals surface area contributed by atoms with Crippen LogP contribution < -0.4 is 14.6 Å². The summed E-state index contributed by atoms with van der Waals surface area (Å²) in [6, 6.07) is 11.8. The van der Waals surface area contributed by atoms with Crippen molar-refractivity contribution in [3.8, 4) is 5.75 Å². The lowest BCUT2D eigenvalue weighted by Crippen LogP contribution is -2.49. The van der Waals surface area contributed by atoms with Crippen molar-refractivity contribution in [1.29, 1.82) is 0 Å². The second kappa shape index (κ2) is 8.46. The minimum absolute atomic E-state index is 0.0274. The van der Waals surface area contributed by atoms with E-state index < -0.39 is 22.0 Å². The van der Waals surface area contributed by atoms with Crippen LogP contribution in [0.15, 0.2) is 57.9 Å². The maximum Gasteiger partial charge on any atom is 0.244 e. The molecule has 2 aromatic rings. The molecule has 0 spiro atoms. The van der Waals surface area contributed by atoms with Crippen molar-refractivity contribution in [2.24, 2.45) is 0 Å². The number of hydrogen-bond acceptors (Lipinski definition) is 5. The number of benzene rings is 2. The molecule has 1 atom stereocenters. The number of hydrogen-bond donors (Lipinski definition) is 1. The topological polar surface area (TPSA) is 95.5 Å². The number of nitrogens with one attached hydrogen (secondary N) is 1. The zero-order chi connectivity index (χ0) is 18.4. The normalized spacial score (nSPS) is 12.6. The van der Waals surface area contributed by atoms with Crippen LogP contribution in [-0.2, 0) is 21.2 Å². The summed E-state index contributed by atoms with van der Waals surface area (Å²) in [5.41, 5.74) is 0.679. The van der Waals surface area contributed by atoms with Crippen LogP contribution in [0.25, 0.3) is 0 Å². The van der Waals surface area contributed by atoms with Crippen molar-refractivity contribution in [1.82, 2.24) is 4.72 Å². The maximum absolute atomic E-state index is 12.7. The monoisotopic (exact) mass is 426 g/mol. The fourth-order valence-electron chi connectivity index (χ4n) is 2.24. The lowest BCUT2D eigenvalue weighted by Gasteiger charge is -2.21. The Morgan fingerprint density at radius 2 is 1.92 bits per heavy atom. The first-order valence-electron chi connectivity index (χ1n) is 7.53. The van der Waals surface area contributed by atoms with E-state index in [4.69, 9.17) is 4.74 Å². The second-order valence-electron chi connectivity index (χ2n) is 5.21. The Kier molecular flexibility index (Phi) is 6.57. The van der Waals surface area contributed by atoms with Crippen LogP contribution in [0.5, 0.6) is 5.75 Å². The van der Waals surface area contributed by atoms with Crippen LogP contribution in [0.4, 0.5) is 0 Å². The van der Waals surface area contributed by atoms with Gasteiger partial charge in [-0.15, -0.1) is 0 Å². The Morgan fingerprint density at radius 1 is 1.24 bits per heavy atom. The third-order valence-corrected chi connectivity index (χ3v) is 5.35. The highest BCUT2D eigenvalue weighted by Crippen LogP contribution is 2.27. The molecular weight excluding hydrogens is 410 g/mol. The van der Waals surface area contributed by atoms with Gasteiger partial charge in [0.25, 0.3) is 0 Å². The number of carboxylic acids is 1. The number of carbonyl (C=O) groups excluding carboxylic acids is 1. The van der Waals surface area contributed by atoms with Gasteiger partial charge in [-0.2, -0.15) is 0 Å². The van der Waals surface area contributed by atoms with Gasteiger partial charge in [0.1, 0.15) is 10.6 Å². The molecule has 2 rings (SSSR count). The highest BCUT2D eigenvalue weighted by molar-refractivity contribution is 9.10. The van der Waals surface area contributed by atoms with E-state index in [0.717, 1.165) is 0 Å². The maximum atomic E-state index is 12.7. The molecule has 0 aliphatic carbocycles. The van der Waals surface area contributed by atoms with Gasteiger partial charge in [-0.05, 0) is 37.1 Å². The van der Waals surface area contributed by atoms with Crippen molar-refractivity contribution in [3.63, 3.8) is 0 Å². The van der Waals surface area contributed by atoms with E-state index >= 15 is 0 Å². The van der Waals surface area contributed by atoms with Gasteiger partial charge in [-0.1, -0.05) is 46.3 Å². The molecular formula is C17H17BrNO5S-. The largest absolute Gasteiger partial charge is 0.548 e. The SMILES string of the molecule is CCOc1ccc(Br)cc1S(=O)(=O)N[C@@H](Cc1ccccc1)C(=O)[O-]. The van der Waals surface area contributed by atoms with E-state index in [-0.39, 0.29) is 23.7 Å². The van der Waals surface area contributed by atoms with E-state index in [0.29, 0.717) is 10.0 Å². The number of carbonyl (C=O) groups is 1. The average molecular weight is 427 g/mol. The molecule has 134 valence electrons. The molecule has 0 aliphatic rings. The molecule has 0 saturated heterocycles. The fourth-order valence-corrected chi connectivity index (χ4v) is 4.11. The first-order chi connectivity index (χ1) is 11.8. The van der Waals surface area contributed by atoms with E-state index in [2.05, 4.69) is 20.7 Å². The quantitative estimate of drug-likeness (QED) is 0.689. The summed E-state index contributed by atoms with van der Waals surface area (Å²) in [5.74, 6) is -1.35. The van der Waals surface area contributed by atoms with Crippen LogP contribution in [0.2, 0.25) is 0 Å². The van der Waals surface area contributed by atoms with Crippen molar-refractivity contribution in [2.45, 2.75) is 24.3 Å². The minimum Gasteiger partial charge on any atom is -0.548 e. The summed E-state index contributed by atoms with van der Waals surface area (Å²) in [7, 11) is -4.13. The van der Waals surface area contributed by atoms with Crippen LogP contribution in [0.3, 0.4) is 0 Å². The molecule has 0 aliphatic heterocycles. The van der Waals surface area contributed by atoms with Crippen LogP contribution in [0, 0.1) is 0 Å². The summed E-state index contributed by atoms with van der Waals surface area (Å²) in [5, 5.41) is 11.4. The van der Waals surface area contributed by atoms with Gasteiger partial charge in [0.05, 0.1) is 18.6 Å². The molecule has 6 nitrogen and oxygen atoms in total. The Bertz CT molecular complexity index is 839. The summed E-state index contributed by atoms with van der Waals surface area (Å²) in [6.45, 7) is 2.00. The van der Waals surface area contributed by atoms with E-state index in [9.17, 15) is 18.3 Å². The van der Waals surface area contributed by atoms with Gasteiger partial charge < -0.3 is 14.6 Å². The van der Waals surface area contributed by atoms with E-state index in [1.807, 2.05) is 0 Å². The van der Waals surface area contributed by atoms with Gasteiger partial charge in [0.2, 0.25) is 10.0 Å². The number of carboxylic acid groups (broad SMARTS) is 1. The fraction of sp³-hybridized carbons (Fsp3) is 0.235. The average Bonchev–Trinajstić information content (AvgIpc) is 2.56.